The highest BCUT2D eigenvalue weighted by molar-refractivity contribution is 5.71. The molecule has 0 amide bonds. The SMILES string of the molecule is CC(F)(F)C1(OCC2CC2)c2cc(F)ccc2Nc2c1ccc[n+]2[O-]. The van der Waals surface area contributed by atoms with Gasteiger partial charge in [0.15, 0.2) is 5.60 Å². The molecule has 1 N–H and O–H groups in total. The number of aromatic nitrogens is 1. The fourth-order valence-corrected chi connectivity index (χ4v) is 3.37. The summed E-state index contributed by atoms with van der Waals surface area (Å²) in [7, 11) is 0. The fraction of sp³-hybridized carbons (Fsp3) is 0.389. The lowest BCUT2D eigenvalue weighted by molar-refractivity contribution is -0.591. The van der Waals surface area contributed by atoms with Crippen LogP contribution in [0.2, 0.25) is 0 Å². The van der Waals surface area contributed by atoms with E-state index in [0.717, 1.165) is 31.9 Å². The number of hydrogen-bond donors (Lipinski definition) is 1. The van der Waals surface area contributed by atoms with Crippen LogP contribution < -0.4 is 10.0 Å². The van der Waals surface area contributed by atoms with E-state index in [-0.39, 0.29) is 35.2 Å². The van der Waals surface area contributed by atoms with Crippen LogP contribution in [0.4, 0.5) is 24.7 Å². The highest BCUT2D eigenvalue weighted by atomic mass is 19.3. The van der Waals surface area contributed by atoms with Crippen molar-refractivity contribution in [1.82, 2.24) is 0 Å². The van der Waals surface area contributed by atoms with Gasteiger partial charge in [-0.05, 0) is 49.1 Å². The number of hydrogen-bond acceptors (Lipinski definition) is 3. The molecule has 1 saturated carbocycles. The average Bonchev–Trinajstić information content (AvgIpc) is 3.36. The molecule has 4 nitrogen and oxygen atoms in total. The van der Waals surface area contributed by atoms with Crippen molar-refractivity contribution >= 4 is 11.5 Å². The number of rotatable bonds is 4. The number of pyridine rings is 1. The summed E-state index contributed by atoms with van der Waals surface area (Å²) in [4.78, 5) is 0. The summed E-state index contributed by atoms with van der Waals surface area (Å²) in [5, 5.41) is 15.0. The number of nitrogens with zero attached hydrogens (tertiary/aromatic N) is 1. The van der Waals surface area contributed by atoms with Gasteiger partial charge in [0.25, 0.3) is 11.7 Å². The van der Waals surface area contributed by atoms with Crippen LogP contribution >= 0.6 is 0 Å². The molecule has 2 aromatic rings. The molecule has 1 aliphatic heterocycles. The van der Waals surface area contributed by atoms with Crippen molar-refractivity contribution < 1.29 is 22.6 Å². The van der Waals surface area contributed by atoms with Crippen molar-refractivity contribution in [3.05, 3.63) is 58.7 Å². The largest absolute Gasteiger partial charge is 0.711 e. The minimum absolute atomic E-state index is 0.000602. The van der Waals surface area contributed by atoms with E-state index in [0.29, 0.717) is 4.73 Å². The average molecular weight is 350 g/mol. The molecule has 2 heterocycles. The van der Waals surface area contributed by atoms with E-state index < -0.39 is 17.3 Å². The van der Waals surface area contributed by atoms with Gasteiger partial charge in [0.1, 0.15) is 11.5 Å². The molecule has 1 unspecified atom stereocenters. The molecule has 7 heteroatoms. The van der Waals surface area contributed by atoms with Gasteiger partial charge in [-0.2, -0.15) is 0 Å². The second-order valence-electron chi connectivity index (χ2n) is 6.74. The summed E-state index contributed by atoms with van der Waals surface area (Å²) in [6.07, 6.45) is 3.06. The van der Waals surface area contributed by atoms with Crippen LogP contribution in [-0.2, 0) is 10.3 Å². The molecular weight excluding hydrogens is 333 g/mol. The lowest BCUT2D eigenvalue weighted by Crippen LogP contribution is -2.51. The van der Waals surface area contributed by atoms with Crippen LogP contribution in [0, 0.1) is 16.9 Å². The summed E-state index contributed by atoms with van der Waals surface area (Å²) in [6, 6.07) is 6.38. The first-order valence-electron chi connectivity index (χ1n) is 8.14. The van der Waals surface area contributed by atoms with Crippen molar-refractivity contribution in [3.63, 3.8) is 0 Å². The summed E-state index contributed by atoms with van der Waals surface area (Å²) in [5.41, 5.74) is -1.97. The molecule has 2 aliphatic rings. The molecule has 0 spiro atoms. The molecule has 1 aliphatic carbocycles. The molecule has 132 valence electrons. The first-order valence-corrected chi connectivity index (χ1v) is 8.14. The van der Waals surface area contributed by atoms with Crippen molar-refractivity contribution in [2.75, 3.05) is 11.9 Å². The minimum atomic E-state index is -3.38. The smallest absolute Gasteiger partial charge is 0.289 e. The van der Waals surface area contributed by atoms with E-state index in [1.807, 2.05) is 0 Å². The lowest BCUT2D eigenvalue weighted by Gasteiger charge is -2.42. The third-order valence-corrected chi connectivity index (χ3v) is 4.80. The molecule has 1 atom stereocenters. The van der Waals surface area contributed by atoms with E-state index in [4.69, 9.17) is 4.74 Å². The van der Waals surface area contributed by atoms with Crippen LogP contribution in [0.1, 0.15) is 30.9 Å². The van der Waals surface area contributed by atoms with Crippen molar-refractivity contribution in [3.8, 4) is 0 Å². The summed E-state index contributed by atoms with van der Waals surface area (Å²) >= 11 is 0. The van der Waals surface area contributed by atoms with Gasteiger partial charge in [-0.1, -0.05) is 0 Å². The standard InChI is InChI=1S/C18H17F3N2O2/c1-17(20,21)18(25-10-11-4-5-11)13-3-2-8-23(24)16(13)22-15-7-6-12(19)9-14(15)18/h2-3,6-9,11,22H,4-5,10H2,1H3. The Balaban J connectivity index is 1.99. The van der Waals surface area contributed by atoms with Crippen LogP contribution in [0.25, 0.3) is 0 Å². The second-order valence-corrected chi connectivity index (χ2v) is 6.74. The van der Waals surface area contributed by atoms with Crippen LogP contribution in [0.5, 0.6) is 0 Å². The number of benzene rings is 1. The highest BCUT2D eigenvalue weighted by Gasteiger charge is 2.60. The topological polar surface area (TPSA) is 48.2 Å². The number of halogens is 3. The zero-order chi connectivity index (χ0) is 17.8. The van der Waals surface area contributed by atoms with Crippen molar-refractivity contribution in [2.45, 2.75) is 31.3 Å². The normalized spacial score (nSPS) is 22.1. The van der Waals surface area contributed by atoms with Gasteiger partial charge in [-0.15, -0.1) is 0 Å². The zero-order valence-electron chi connectivity index (χ0n) is 13.6. The Morgan fingerprint density at radius 3 is 2.76 bits per heavy atom. The van der Waals surface area contributed by atoms with E-state index >= 15 is 0 Å². The Morgan fingerprint density at radius 1 is 1.32 bits per heavy atom. The van der Waals surface area contributed by atoms with Gasteiger partial charge >= 0.3 is 0 Å². The molecule has 1 fully saturated rings. The number of anilines is 2. The quantitative estimate of drug-likeness (QED) is 0.673. The Bertz CT molecular complexity index is 830. The Kier molecular flexibility index (Phi) is 3.47. The second kappa shape index (κ2) is 5.36. The maximum atomic E-state index is 15.0. The molecule has 0 radical (unpaired) electrons. The highest BCUT2D eigenvalue weighted by Crippen LogP contribution is 2.54. The first-order chi connectivity index (χ1) is 11.8. The summed E-state index contributed by atoms with van der Waals surface area (Å²) in [6.45, 7) is 0.873. The number of fused-ring (bicyclic) bond motifs is 2. The monoisotopic (exact) mass is 350 g/mol. The van der Waals surface area contributed by atoms with E-state index in [1.54, 1.807) is 0 Å². The van der Waals surface area contributed by atoms with Gasteiger partial charge in [0, 0.05) is 12.5 Å². The van der Waals surface area contributed by atoms with E-state index in [1.165, 1.54) is 24.4 Å². The maximum Gasteiger partial charge on any atom is 0.289 e. The van der Waals surface area contributed by atoms with Crippen LogP contribution in [0.15, 0.2) is 36.5 Å². The molecule has 0 bridgehead atoms. The summed E-state index contributed by atoms with van der Waals surface area (Å²) in [5.74, 6) is -3.83. The lowest BCUT2D eigenvalue weighted by atomic mass is 9.78. The first kappa shape index (κ1) is 16.2. The zero-order valence-corrected chi connectivity index (χ0v) is 13.6. The predicted molar refractivity (Wildman–Crippen MR) is 85.2 cm³/mol. The third-order valence-electron chi connectivity index (χ3n) is 4.80. The number of nitrogens with one attached hydrogen (secondary N) is 1. The van der Waals surface area contributed by atoms with Crippen molar-refractivity contribution in [2.24, 2.45) is 5.92 Å². The maximum absolute atomic E-state index is 15.0. The fourth-order valence-electron chi connectivity index (χ4n) is 3.37. The predicted octanol–water partition coefficient (Wildman–Crippen LogP) is 3.84. The van der Waals surface area contributed by atoms with Gasteiger partial charge in [0.2, 0.25) is 0 Å². The molecule has 1 aromatic carbocycles. The molecule has 0 saturated heterocycles. The van der Waals surface area contributed by atoms with E-state index in [2.05, 4.69) is 5.32 Å². The van der Waals surface area contributed by atoms with Crippen molar-refractivity contribution in [1.29, 1.82) is 0 Å². The van der Waals surface area contributed by atoms with Gasteiger partial charge in [-0.25, -0.2) is 23.2 Å². The molecule has 25 heavy (non-hydrogen) atoms. The van der Waals surface area contributed by atoms with Crippen LogP contribution in [0.3, 0.4) is 0 Å². The van der Waals surface area contributed by atoms with Gasteiger partial charge in [0.05, 0.1) is 18.4 Å². The number of ether oxygens (including phenoxy) is 1. The minimum Gasteiger partial charge on any atom is -0.711 e. The number of alkyl halides is 2. The Morgan fingerprint density at radius 2 is 2.08 bits per heavy atom. The Hall–Kier alpha value is -2.28. The Labute approximate surface area is 142 Å². The van der Waals surface area contributed by atoms with E-state index in [9.17, 15) is 18.4 Å². The molecular formula is C18H17F3N2O2. The van der Waals surface area contributed by atoms with Gasteiger partial charge in [-0.3, -0.25) is 0 Å². The van der Waals surface area contributed by atoms with Gasteiger partial charge < -0.3 is 9.94 Å². The van der Waals surface area contributed by atoms with Crippen LogP contribution in [-0.4, -0.2) is 12.5 Å². The summed E-state index contributed by atoms with van der Waals surface area (Å²) < 4.78 is 50.1. The molecule has 1 aromatic heterocycles. The molecule has 4 rings (SSSR count). The third kappa shape index (κ3) is 2.45.